The van der Waals surface area contributed by atoms with Gasteiger partial charge in [-0.1, -0.05) is 12.1 Å². The van der Waals surface area contributed by atoms with E-state index in [1.807, 2.05) is 38.1 Å². The van der Waals surface area contributed by atoms with Crippen LogP contribution in [-0.2, 0) is 16.0 Å². The van der Waals surface area contributed by atoms with Crippen molar-refractivity contribution in [3.63, 3.8) is 0 Å². The first-order valence-electron chi connectivity index (χ1n) is 7.86. The summed E-state index contributed by atoms with van der Waals surface area (Å²) in [5.74, 6) is -0.189. The van der Waals surface area contributed by atoms with Crippen LogP contribution in [0.5, 0.6) is 5.75 Å². The molecule has 1 aliphatic heterocycles. The average Bonchev–Trinajstić information content (AvgIpc) is 2.46. The topological polar surface area (TPSA) is 92.9 Å². The number of rotatable bonds is 5. The van der Waals surface area contributed by atoms with Gasteiger partial charge in [0.05, 0.1) is 19.1 Å². The fourth-order valence-electron chi connectivity index (χ4n) is 2.74. The van der Waals surface area contributed by atoms with Gasteiger partial charge in [-0.05, 0) is 44.4 Å². The Balaban J connectivity index is 2.03. The lowest BCUT2D eigenvalue weighted by molar-refractivity contribution is -0.148. The smallest absolute Gasteiger partial charge is 0.251 e. The number of carbonyl (C=O) groups excluding carboxylic acids is 2. The van der Waals surface area contributed by atoms with E-state index in [1.54, 1.807) is 0 Å². The number of ether oxygens (including phenoxy) is 1. The number of nitrogens with two attached hydrogens (primary N) is 1. The molecular formula is C17H24N2O4. The number of carbonyl (C=O) groups is 2. The van der Waals surface area contributed by atoms with E-state index in [-0.39, 0.29) is 25.0 Å². The van der Waals surface area contributed by atoms with Crippen molar-refractivity contribution in [1.82, 2.24) is 4.90 Å². The van der Waals surface area contributed by atoms with E-state index in [4.69, 9.17) is 10.5 Å². The van der Waals surface area contributed by atoms with Gasteiger partial charge in [-0.15, -0.1) is 0 Å². The predicted octanol–water partition coefficient (Wildman–Crippen LogP) is 0.855. The van der Waals surface area contributed by atoms with E-state index in [2.05, 4.69) is 0 Å². The minimum absolute atomic E-state index is 0.0383. The van der Waals surface area contributed by atoms with Crippen molar-refractivity contribution in [1.29, 1.82) is 0 Å². The SMILES string of the molecule is CC(C)Oc1cccc(CC(=O)N2CCC[C@](O)(C(N)=O)C2)c1. The van der Waals surface area contributed by atoms with Crippen LogP contribution < -0.4 is 10.5 Å². The van der Waals surface area contributed by atoms with Gasteiger partial charge in [0.25, 0.3) is 5.91 Å². The molecule has 3 N–H and O–H groups in total. The maximum Gasteiger partial charge on any atom is 0.251 e. The summed E-state index contributed by atoms with van der Waals surface area (Å²) >= 11 is 0. The highest BCUT2D eigenvalue weighted by Crippen LogP contribution is 2.22. The number of primary amides is 1. The quantitative estimate of drug-likeness (QED) is 0.841. The molecule has 2 amide bonds. The normalized spacial score (nSPS) is 21.3. The number of aliphatic hydroxyl groups is 1. The minimum Gasteiger partial charge on any atom is -0.491 e. The lowest BCUT2D eigenvalue weighted by Gasteiger charge is -2.37. The molecule has 0 aliphatic carbocycles. The number of likely N-dealkylation sites (tertiary alicyclic amines) is 1. The van der Waals surface area contributed by atoms with Crippen LogP contribution >= 0.6 is 0 Å². The lowest BCUT2D eigenvalue weighted by atomic mass is 9.92. The molecule has 1 aromatic rings. The van der Waals surface area contributed by atoms with Gasteiger partial charge in [0.2, 0.25) is 5.91 Å². The summed E-state index contributed by atoms with van der Waals surface area (Å²) in [5.41, 5.74) is 4.46. The summed E-state index contributed by atoms with van der Waals surface area (Å²) in [6, 6.07) is 7.38. The molecule has 2 rings (SSSR count). The predicted molar refractivity (Wildman–Crippen MR) is 85.9 cm³/mol. The van der Waals surface area contributed by atoms with Gasteiger partial charge in [-0.3, -0.25) is 9.59 Å². The van der Waals surface area contributed by atoms with Crippen LogP contribution in [0.3, 0.4) is 0 Å². The van der Waals surface area contributed by atoms with Gasteiger partial charge < -0.3 is 20.5 Å². The molecule has 1 aromatic carbocycles. The van der Waals surface area contributed by atoms with Crippen LogP contribution in [0.4, 0.5) is 0 Å². The van der Waals surface area contributed by atoms with Gasteiger partial charge in [0.15, 0.2) is 5.60 Å². The van der Waals surface area contributed by atoms with Gasteiger partial charge in [0.1, 0.15) is 5.75 Å². The standard InChI is InChI=1S/C17H24N2O4/c1-12(2)23-14-6-3-5-13(9-14)10-15(20)19-8-4-7-17(22,11-19)16(18)21/h3,5-6,9,12,22H,4,7-8,10-11H2,1-2H3,(H2,18,21)/t17-/m1/s1. The second kappa shape index (κ2) is 7.00. The Labute approximate surface area is 136 Å². The minimum atomic E-state index is -1.61. The lowest BCUT2D eigenvalue weighted by Crippen LogP contribution is -2.57. The van der Waals surface area contributed by atoms with Crippen molar-refractivity contribution in [3.8, 4) is 5.75 Å². The maximum absolute atomic E-state index is 12.4. The van der Waals surface area contributed by atoms with E-state index in [0.29, 0.717) is 19.4 Å². The Bertz CT molecular complexity index is 588. The molecule has 1 atom stereocenters. The number of nitrogens with zero attached hydrogens (tertiary/aromatic N) is 1. The zero-order chi connectivity index (χ0) is 17.0. The molecule has 0 spiro atoms. The molecule has 1 saturated heterocycles. The summed E-state index contributed by atoms with van der Waals surface area (Å²) in [4.78, 5) is 25.3. The molecule has 0 saturated carbocycles. The van der Waals surface area contributed by atoms with Crippen molar-refractivity contribution >= 4 is 11.8 Å². The molecule has 0 aromatic heterocycles. The number of amides is 2. The van der Waals surface area contributed by atoms with E-state index in [9.17, 15) is 14.7 Å². The molecule has 0 bridgehead atoms. The van der Waals surface area contributed by atoms with Crippen LogP contribution in [0.1, 0.15) is 32.3 Å². The summed E-state index contributed by atoms with van der Waals surface area (Å²) in [7, 11) is 0. The number of piperidine rings is 1. The average molecular weight is 320 g/mol. The highest BCUT2D eigenvalue weighted by atomic mass is 16.5. The summed E-state index contributed by atoms with van der Waals surface area (Å²) in [5, 5.41) is 10.2. The molecule has 126 valence electrons. The first kappa shape index (κ1) is 17.3. The third-order valence-corrected chi connectivity index (χ3v) is 3.91. The van der Waals surface area contributed by atoms with E-state index in [1.165, 1.54) is 4.90 Å². The molecule has 0 radical (unpaired) electrons. The monoisotopic (exact) mass is 320 g/mol. The fourth-order valence-corrected chi connectivity index (χ4v) is 2.74. The summed E-state index contributed by atoms with van der Waals surface area (Å²) < 4.78 is 5.62. The second-order valence-electron chi connectivity index (χ2n) is 6.31. The molecule has 1 heterocycles. The molecule has 1 fully saturated rings. The summed E-state index contributed by atoms with van der Waals surface area (Å²) in [6.45, 7) is 4.37. The van der Waals surface area contributed by atoms with Crippen molar-refractivity contribution in [2.75, 3.05) is 13.1 Å². The van der Waals surface area contributed by atoms with Gasteiger partial charge in [-0.25, -0.2) is 0 Å². The van der Waals surface area contributed by atoms with Crippen molar-refractivity contribution < 1.29 is 19.4 Å². The van der Waals surface area contributed by atoms with E-state index >= 15 is 0 Å². The van der Waals surface area contributed by atoms with Gasteiger partial charge in [-0.2, -0.15) is 0 Å². The fraction of sp³-hybridized carbons (Fsp3) is 0.529. The Morgan fingerprint density at radius 3 is 2.83 bits per heavy atom. The third kappa shape index (κ3) is 4.45. The van der Waals surface area contributed by atoms with Gasteiger partial charge in [0, 0.05) is 6.54 Å². The molecule has 6 nitrogen and oxygen atoms in total. The molecule has 6 heteroatoms. The van der Waals surface area contributed by atoms with Crippen LogP contribution in [0.25, 0.3) is 0 Å². The number of β-amino-alcohol motifs (C(OH)–C–C–N with tert-alkyl or cyclic N) is 1. The first-order chi connectivity index (χ1) is 10.8. The Hall–Kier alpha value is -2.08. The zero-order valence-electron chi connectivity index (χ0n) is 13.6. The van der Waals surface area contributed by atoms with Gasteiger partial charge >= 0.3 is 0 Å². The second-order valence-corrected chi connectivity index (χ2v) is 6.31. The van der Waals surface area contributed by atoms with Crippen molar-refractivity contribution in [2.45, 2.75) is 44.8 Å². The Kier molecular flexibility index (Phi) is 5.26. The van der Waals surface area contributed by atoms with Crippen LogP contribution in [0.15, 0.2) is 24.3 Å². The van der Waals surface area contributed by atoms with E-state index < -0.39 is 11.5 Å². The maximum atomic E-state index is 12.4. The Morgan fingerprint density at radius 1 is 1.43 bits per heavy atom. The largest absolute Gasteiger partial charge is 0.491 e. The number of hydrogen-bond acceptors (Lipinski definition) is 4. The van der Waals surface area contributed by atoms with Crippen LogP contribution in [-0.4, -0.2) is 46.6 Å². The third-order valence-electron chi connectivity index (χ3n) is 3.91. The summed E-state index contributed by atoms with van der Waals surface area (Å²) in [6.07, 6.45) is 1.11. The van der Waals surface area contributed by atoms with E-state index in [0.717, 1.165) is 11.3 Å². The highest BCUT2D eigenvalue weighted by molar-refractivity contribution is 5.85. The van der Waals surface area contributed by atoms with Crippen LogP contribution in [0.2, 0.25) is 0 Å². The zero-order valence-corrected chi connectivity index (χ0v) is 13.6. The number of hydrogen-bond donors (Lipinski definition) is 2. The van der Waals surface area contributed by atoms with Crippen LogP contribution in [0, 0.1) is 0 Å². The highest BCUT2D eigenvalue weighted by Gasteiger charge is 2.40. The van der Waals surface area contributed by atoms with Crippen molar-refractivity contribution in [3.05, 3.63) is 29.8 Å². The van der Waals surface area contributed by atoms with Crippen molar-refractivity contribution in [2.24, 2.45) is 5.73 Å². The Morgan fingerprint density at radius 2 is 2.17 bits per heavy atom. The molecular weight excluding hydrogens is 296 g/mol. The molecule has 23 heavy (non-hydrogen) atoms. The molecule has 0 unspecified atom stereocenters. The first-order valence-corrected chi connectivity index (χ1v) is 7.86. The number of benzene rings is 1. The molecule has 1 aliphatic rings.